The Bertz CT molecular complexity index is 709. The van der Waals surface area contributed by atoms with Gasteiger partial charge in [-0.25, -0.2) is 0 Å². The maximum absolute atomic E-state index is 12.9. The van der Waals surface area contributed by atoms with Crippen LogP contribution >= 0.6 is 0 Å². The van der Waals surface area contributed by atoms with E-state index in [1.54, 1.807) is 17.9 Å². The van der Waals surface area contributed by atoms with Crippen LogP contribution in [-0.4, -0.2) is 62.4 Å². The third-order valence-electron chi connectivity index (χ3n) is 4.97. The number of rotatable bonds is 4. The number of piperazine rings is 1. The Morgan fingerprint density at radius 3 is 2.67 bits per heavy atom. The molecule has 2 aliphatic rings. The van der Waals surface area contributed by atoms with E-state index in [9.17, 15) is 4.79 Å². The van der Waals surface area contributed by atoms with Crippen LogP contribution in [-0.2, 0) is 13.5 Å². The molecule has 1 aromatic carbocycles. The number of hydrogen-bond donors (Lipinski definition) is 0. The van der Waals surface area contributed by atoms with Crippen molar-refractivity contribution in [2.75, 3.05) is 19.6 Å². The lowest BCUT2D eigenvalue weighted by Gasteiger charge is -2.41. The molecule has 24 heavy (non-hydrogen) atoms. The SMILES string of the molecule is Cn1cc(C(=O)N2CCN(C3CC3)CC2Cc2ccccc2)nn1. The maximum Gasteiger partial charge on any atom is 0.276 e. The van der Waals surface area contributed by atoms with Crippen molar-refractivity contribution in [2.24, 2.45) is 7.05 Å². The largest absolute Gasteiger partial charge is 0.331 e. The summed E-state index contributed by atoms with van der Waals surface area (Å²) in [5.41, 5.74) is 1.72. The third-order valence-corrected chi connectivity index (χ3v) is 4.97. The molecular formula is C18H23N5O. The summed E-state index contributed by atoms with van der Waals surface area (Å²) < 4.78 is 1.58. The van der Waals surface area contributed by atoms with Gasteiger partial charge in [0.2, 0.25) is 0 Å². The summed E-state index contributed by atoms with van der Waals surface area (Å²) in [4.78, 5) is 17.4. The van der Waals surface area contributed by atoms with Crippen LogP contribution in [0.1, 0.15) is 28.9 Å². The Kier molecular flexibility index (Phi) is 4.06. The number of benzene rings is 1. The van der Waals surface area contributed by atoms with Crippen molar-refractivity contribution in [3.63, 3.8) is 0 Å². The monoisotopic (exact) mass is 325 g/mol. The molecular weight excluding hydrogens is 302 g/mol. The number of hydrogen-bond acceptors (Lipinski definition) is 4. The van der Waals surface area contributed by atoms with Gasteiger partial charge in [-0.15, -0.1) is 5.10 Å². The molecule has 6 heteroatoms. The molecule has 2 heterocycles. The molecule has 0 bridgehead atoms. The van der Waals surface area contributed by atoms with E-state index in [-0.39, 0.29) is 11.9 Å². The van der Waals surface area contributed by atoms with Gasteiger partial charge in [0.15, 0.2) is 5.69 Å². The van der Waals surface area contributed by atoms with Gasteiger partial charge in [0, 0.05) is 38.8 Å². The van der Waals surface area contributed by atoms with E-state index >= 15 is 0 Å². The normalized spacial score (nSPS) is 21.9. The molecule has 1 amide bonds. The number of carbonyl (C=O) groups excluding carboxylic acids is 1. The standard InChI is InChI=1S/C18H23N5O/c1-21-13-17(19-20-21)18(24)23-10-9-22(15-7-8-15)12-16(23)11-14-5-3-2-4-6-14/h2-6,13,15-16H,7-12H2,1H3. The van der Waals surface area contributed by atoms with E-state index in [1.807, 2.05) is 11.0 Å². The topological polar surface area (TPSA) is 54.3 Å². The predicted molar refractivity (Wildman–Crippen MR) is 90.6 cm³/mol. The minimum absolute atomic E-state index is 0.000483. The number of aromatic nitrogens is 3. The minimum Gasteiger partial charge on any atom is -0.331 e. The van der Waals surface area contributed by atoms with Crippen LogP contribution in [0.5, 0.6) is 0 Å². The Hall–Kier alpha value is -2.21. The van der Waals surface area contributed by atoms with Gasteiger partial charge in [0.25, 0.3) is 5.91 Å². The van der Waals surface area contributed by atoms with Gasteiger partial charge >= 0.3 is 0 Å². The lowest BCUT2D eigenvalue weighted by Crippen LogP contribution is -2.56. The molecule has 1 aliphatic carbocycles. The van der Waals surface area contributed by atoms with Gasteiger partial charge in [0.1, 0.15) is 0 Å². The van der Waals surface area contributed by atoms with Crippen molar-refractivity contribution in [3.8, 4) is 0 Å². The highest BCUT2D eigenvalue weighted by Crippen LogP contribution is 2.30. The van der Waals surface area contributed by atoms with Crippen molar-refractivity contribution in [1.82, 2.24) is 24.8 Å². The van der Waals surface area contributed by atoms with Crippen molar-refractivity contribution < 1.29 is 4.79 Å². The molecule has 0 N–H and O–H groups in total. The Labute approximate surface area is 142 Å². The molecule has 4 rings (SSSR count). The molecule has 1 aromatic heterocycles. The lowest BCUT2D eigenvalue weighted by atomic mass is 10.0. The third kappa shape index (κ3) is 3.19. The zero-order valence-electron chi connectivity index (χ0n) is 14.0. The molecule has 1 unspecified atom stereocenters. The highest BCUT2D eigenvalue weighted by Gasteiger charge is 2.37. The molecule has 2 fully saturated rings. The summed E-state index contributed by atoms with van der Waals surface area (Å²) in [6.45, 7) is 2.68. The van der Waals surface area contributed by atoms with Crippen molar-refractivity contribution >= 4 is 5.91 Å². The summed E-state index contributed by atoms with van der Waals surface area (Å²) in [6, 6.07) is 11.4. The highest BCUT2D eigenvalue weighted by atomic mass is 16.2. The van der Waals surface area contributed by atoms with Crippen molar-refractivity contribution in [2.45, 2.75) is 31.3 Å². The van der Waals surface area contributed by atoms with E-state index < -0.39 is 0 Å². The molecule has 0 spiro atoms. The van der Waals surface area contributed by atoms with Gasteiger partial charge in [0.05, 0.1) is 6.20 Å². The molecule has 1 saturated carbocycles. The van der Waals surface area contributed by atoms with Gasteiger partial charge in [-0.1, -0.05) is 35.5 Å². The summed E-state index contributed by atoms with van der Waals surface area (Å²) >= 11 is 0. The molecule has 1 atom stereocenters. The second-order valence-electron chi connectivity index (χ2n) is 6.85. The van der Waals surface area contributed by atoms with E-state index in [0.29, 0.717) is 5.69 Å². The molecule has 0 radical (unpaired) electrons. The Morgan fingerprint density at radius 2 is 2.00 bits per heavy atom. The number of nitrogens with zero attached hydrogens (tertiary/aromatic N) is 5. The average Bonchev–Trinajstić information content (AvgIpc) is 3.36. The smallest absolute Gasteiger partial charge is 0.276 e. The average molecular weight is 325 g/mol. The van der Waals surface area contributed by atoms with Gasteiger partial charge in [-0.2, -0.15) is 0 Å². The van der Waals surface area contributed by atoms with Crippen LogP contribution in [0.4, 0.5) is 0 Å². The van der Waals surface area contributed by atoms with Gasteiger partial charge in [-0.05, 0) is 24.8 Å². The van der Waals surface area contributed by atoms with E-state index in [1.165, 1.54) is 18.4 Å². The number of carbonyl (C=O) groups is 1. The van der Waals surface area contributed by atoms with Crippen LogP contribution in [0.15, 0.2) is 36.5 Å². The molecule has 126 valence electrons. The van der Waals surface area contributed by atoms with Gasteiger partial charge in [-0.3, -0.25) is 14.4 Å². The van der Waals surface area contributed by atoms with Gasteiger partial charge < -0.3 is 4.90 Å². The van der Waals surface area contributed by atoms with Crippen molar-refractivity contribution in [1.29, 1.82) is 0 Å². The second kappa shape index (κ2) is 6.36. The summed E-state index contributed by atoms with van der Waals surface area (Å²) in [6.07, 6.45) is 5.19. The van der Waals surface area contributed by atoms with Crippen LogP contribution in [0.3, 0.4) is 0 Å². The first-order valence-electron chi connectivity index (χ1n) is 8.66. The zero-order chi connectivity index (χ0) is 16.5. The first-order valence-corrected chi connectivity index (χ1v) is 8.66. The second-order valence-corrected chi connectivity index (χ2v) is 6.85. The summed E-state index contributed by atoms with van der Waals surface area (Å²) in [7, 11) is 1.79. The van der Waals surface area contributed by atoms with Crippen molar-refractivity contribution in [3.05, 3.63) is 47.8 Å². The van der Waals surface area contributed by atoms with E-state index in [0.717, 1.165) is 32.1 Å². The lowest BCUT2D eigenvalue weighted by molar-refractivity contribution is 0.0431. The highest BCUT2D eigenvalue weighted by molar-refractivity contribution is 5.92. The maximum atomic E-state index is 12.9. The first-order chi connectivity index (χ1) is 11.7. The van der Waals surface area contributed by atoms with E-state index in [4.69, 9.17) is 0 Å². The van der Waals surface area contributed by atoms with Crippen LogP contribution in [0, 0.1) is 0 Å². The number of amides is 1. The van der Waals surface area contributed by atoms with Crippen LogP contribution < -0.4 is 0 Å². The summed E-state index contributed by atoms with van der Waals surface area (Å²) in [5.74, 6) is -0.000483. The molecule has 1 saturated heterocycles. The molecule has 6 nitrogen and oxygen atoms in total. The first kappa shape index (κ1) is 15.3. The number of aryl methyl sites for hydroxylation is 1. The predicted octanol–water partition coefficient (Wildman–Crippen LogP) is 1.35. The van der Waals surface area contributed by atoms with E-state index in [2.05, 4.69) is 39.5 Å². The quantitative estimate of drug-likeness (QED) is 0.851. The fraction of sp³-hybridized carbons (Fsp3) is 0.500. The fourth-order valence-electron chi connectivity index (χ4n) is 3.57. The van der Waals surface area contributed by atoms with Crippen LogP contribution in [0.2, 0.25) is 0 Å². The molecule has 1 aliphatic heterocycles. The Balaban J connectivity index is 1.54. The zero-order valence-corrected chi connectivity index (χ0v) is 14.0. The Morgan fingerprint density at radius 1 is 1.21 bits per heavy atom. The minimum atomic E-state index is -0.000483. The van der Waals surface area contributed by atoms with Crippen LogP contribution in [0.25, 0.3) is 0 Å². The fourth-order valence-corrected chi connectivity index (χ4v) is 3.57. The summed E-state index contributed by atoms with van der Waals surface area (Å²) in [5, 5.41) is 7.91. The molecule has 2 aromatic rings.